The molecule has 0 spiro atoms. The predicted molar refractivity (Wildman–Crippen MR) is 162 cm³/mol. The summed E-state index contributed by atoms with van der Waals surface area (Å²) in [5, 5.41) is 14.3. The molecule has 220 valence electrons. The third kappa shape index (κ3) is 8.31. The van der Waals surface area contributed by atoms with Crippen LogP contribution in [0.15, 0.2) is 77.8 Å². The molecule has 1 aliphatic rings. The summed E-state index contributed by atoms with van der Waals surface area (Å²) < 4.78 is 35.6. The van der Waals surface area contributed by atoms with Gasteiger partial charge in [0, 0.05) is 36.2 Å². The second kappa shape index (κ2) is 13.5. The van der Waals surface area contributed by atoms with Crippen LogP contribution in [0.2, 0.25) is 0 Å². The molecule has 0 radical (unpaired) electrons. The summed E-state index contributed by atoms with van der Waals surface area (Å²) in [7, 11) is -3.72. The van der Waals surface area contributed by atoms with Gasteiger partial charge in [0.05, 0.1) is 23.5 Å². The fourth-order valence-electron chi connectivity index (χ4n) is 4.80. The molecule has 1 aromatic heterocycles. The Labute approximate surface area is 243 Å². The molecule has 4 rings (SSSR count). The number of hydrogen-bond acceptors (Lipinski definition) is 6. The highest BCUT2D eigenvalue weighted by atomic mass is 32.2. The number of aryl methyl sites for hydroxylation is 1. The van der Waals surface area contributed by atoms with Crippen LogP contribution in [-0.2, 0) is 32.5 Å². The van der Waals surface area contributed by atoms with Crippen molar-refractivity contribution < 1.29 is 23.1 Å². The van der Waals surface area contributed by atoms with Crippen molar-refractivity contribution in [1.29, 1.82) is 0 Å². The Kier molecular flexibility index (Phi) is 10.1. The highest BCUT2D eigenvalue weighted by molar-refractivity contribution is 7.92. The second-order valence-corrected chi connectivity index (χ2v) is 12.9. The number of β-amino-alcohol motifs (C(OH)–C–C–N with tert-alkyl or cyclic N) is 1. The number of hydrogen-bond donors (Lipinski definition) is 3. The van der Waals surface area contributed by atoms with E-state index < -0.39 is 16.1 Å². The van der Waals surface area contributed by atoms with E-state index in [0.29, 0.717) is 30.8 Å². The molecule has 3 aromatic rings. The number of nitrogens with one attached hydrogen (secondary N) is 2. The Morgan fingerprint density at radius 2 is 1.93 bits per heavy atom. The number of rotatable bonds is 14. The number of benzene rings is 2. The molecule has 9 heteroatoms. The van der Waals surface area contributed by atoms with Gasteiger partial charge in [-0.05, 0) is 80.6 Å². The van der Waals surface area contributed by atoms with Crippen molar-refractivity contribution in [2.24, 2.45) is 5.92 Å². The Hall–Kier alpha value is -3.40. The molecule has 0 bridgehead atoms. The second-order valence-electron chi connectivity index (χ2n) is 11.2. The van der Waals surface area contributed by atoms with Crippen LogP contribution in [0.3, 0.4) is 0 Å². The van der Waals surface area contributed by atoms with Gasteiger partial charge in [-0.25, -0.2) is 8.42 Å². The van der Waals surface area contributed by atoms with Crippen LogP contribution in [0.5, 0.6) is 0 Å². The van der Waals surface area contributed by atoms with Crippen LogP contribution in [0.4, 0.5) is 5.69 Å². The SMILES string of the molecule is CCCCOC(=O)C1C=Cc2c(ccn2CCC(C)(C)NC[C@H](O)c2cccc(NS(=O)(=O)c3ccccc3)c2)C1. The summed E-state index contributed by atoms with van der Waals surface area (Å²) in [6.07, 6.45) is 8.56. The maximum absolute atomic E-state index is 12.7. The number of ether oxygens (including phenoxy) is 1. The number of aliphatic hydroxyl groups is 1. The van der Waals surface area contributed by atoms with Gasteiger partial charge in [-0.2, -0.15) is 0 Å². The van der Waals surface area contributed by atoms with E-state index in [9.17, 15) is 18.3 Å². The molecule has 2 aromatic carbocycles. The molecule has 0 fully saturated rings. The van der Waals surface area contributed by atoms with Crippen molar-refractivity contribution in [1.82, 2.24) is 9.88 Å². The fraction of sp³-hybridized carbons (Fsp3) is 0.406. The van der Waals surface area contributed by atoms with E-state index in [0.717, 1.165) is 37.1 Å². The number of carbonyl (C=O) groups excluding carboxylic acids is 1. The number of sulfonamides is 1. The largest absolute Gasteiger partial charge is 0.465 e. The van der Waals surface area contributed by atoms with Crippen LogP contribution < -0.4 is 10.0 Å². The number of anilines is 1. The van der Waals surface area contributed by atoms with Crippen LogP contribution in [0, 0.1) is 5.92 Å². The first kappa shape index (κ1) is 30.6. The highest BCUT2D eigenvalue weighted by Crippen LogP contribution is 2.26. The Bertz CT molecular complexity index is 1450. The van der Waals surface area contributed by atoms with Crippen molar-refractivity contribution in [2.45, 2.75) is 69.5 Å². The molecule has 1 heterocycles. The lowest BCUT2D eigenvalue weighted by molar-refractivity contribution is -0.146. The first-order chi connectivity index (χ1) is 19.6. The normalized spacial score (nSPS) is 15.8. The van der Waals surface area contributed by atoms with Gasteiger partial charge in [0.25, 0.3) is 10.0 Å². The van der Waals surface area contributed by atoms with E-state index in [1.807, 2.05) is 12.2 Å². The lowest BCUT2D eigenvalue weighted by Gasteiger charge is -2.29. The summed E-state index contributed by atoms with van der Waals surface area (Å²) in [6, 6.07) is 17.1. The Morgan fingerprint density at radius 1 is 1.15 bits per heavy atom. The maximum atomic E-state index is 12.7. The lowest BCUT2D eigenvalue weighted by Crippen LogP contribution is -2.42. The molecule has 0 aliphatic heterocycles. The van der Waals surface area contributed by atoms with Crippen LogP contribution in [0.1, 0.15) is 63.0 Å². The fourth-order valence-corrected chi connectivity index (χ4v) is 5.87. The van der Waals surface area contributed by atoms with E-state index in [4.69, 9.17) is 4.74 Å². The van der Waals surface area contributed by atoms with Gasteiger partial charge in [0.2, 0.25) is 0 Å². The average Bonchev–Trinajstić information content (AvgIpc) is 3.38. The monoisotopic (exact) mass is 579 g/mol. The first-order valence-electron chi connectivity index (χ1n) is 14.2. The molecule has 0 saturated heterocycles. The smallest absolute Gasteiger partial charge is 0.313 e. The molecule has 1 aliphatic carbocycles. The molecule has 0 saturated carbocycles. The third-order valence-corrected chi connectivity index (χ3v) is 8.79. The van der Waals surface area contributed by atoms with Gasteiger partial charge in [0.15, 0.2) is 0 Å². The number of unbranched alkanes of at least 4 members (excludes halogenated alkanes) is 1. The van der Waals surface area contributed by atoms with Gasteiger partial charge in [-0.1, -0.05) is 49.8 Å². The Balaban J connectivity index is 1.29. The molecule has 3 N–H and O–H groups in total. The van der Waals surface area contributed by atoms with E-state index in [-0.39, 0.29) is 22.3 Å². The number of aliphatic hydroxyl groups excluding tert-OH is 1. The number of fused-ring (bicyclic) bond motifs is 1. The summed E-state index contributed by atoms with van der Waals surface area (Å²) >= 11 is 0. The molecular weight excluding hydrogens is 538 g/mol. The first-order valence-corrected chi connectivity index (χ1v) is 15.7. The lowest BCUT2D eigenvalue weighted by atomic mass is 9.93. The minimum atomic E-state index is -3.72. The minimum absolute atomic E-state index is 0.156. The highest BCUT2D eigenvalue weighted by Gasteiger charge is 2.25. The standard InChI is InChI=1S/C32H41N3O5S/c1-4-5-20-40-31(37)26-14-15-29-24(21-26)16-18-35(29)19-17-32(2,3)33-23-30(36)25-10-9-11-27(22-25)34-41(38,39)28-12-7-6-8-13-28/h6-16,18,22,26,30,33-34,36H,4-5,17,19-21,23H2,1-3H3/t26?,30-/m0/s1. The van der Waals surface area contributed by atoms with Gasteiger partial charge in [-0.3, -0.25) is 9.52 Å². The van der Waals surface area contributed by atoms with Gasteiger partial charge < -0.3 is 19.7 Å². The van der Waals surface area contributed by atoms with E-state index in [2.05, 4.69) is 47.6 Å². The van der Waals surface area contributed by atoms with Crippen molar-refractivity contribution in [3.63, 3.8) is 0 Å². The maximum Gasteiger partial charge on any atom is 0.313 e. The van der Waals surface area contributed by atoms with Crippen molar-refractivity contribution >= 4 is 27.8 Å². The van der Waals surface area contributed by atoms with Crippen molar-refractivity contribution in [3.05, 3.63) is 89.8 Å². The zero-order valence-corrected chi connectivity index (χ0v) is 24.9. The molecule has 41 heavy (non-hydrogen) atoms. The number of esters is 1. The third-order valence-electron chi connectivity index (χ3n) is 7.39. The summed E-state index contributed by atoms with van der Waals surface area (Å²) in [5.74, 6) is -0.391. The number of aromatic nitrogens is 1. The van der Waals surface area contributed by atoms with Gasteiger partial charge in [-0.15, -0.1) is 0 Å². The molecule has 2 atom stereocenters. The summed E-state index contributed by atoms with van der Waals surface area (Å²) in [4.78, 5) is 12.6. The summed E-state index contributed by atoms with van der Waals surface area (Å²) in [5.41, 5.74) is 3.01. The van der Waals surface area contributed by atoms with Gasteiger partial charge in [0.1, 0.15) is 0 Å². The van der Waals surface area contributed by atoms with Crippen LogP contribution >= 0.6 is 0 Å². The van der Waals surface area contributed by atoms with E-state index >= 15 is 0 Å². The van der Waals surface area contributed by atoms with Crippen LogP contribution in [-0.4, -0.2) is 42.8 Å². The topological polar surface area (TPSA) is 110 Å². The van der Waals surface area contributed by atoms with Crippen molar-refractivity contribution in [2.75, 3.05) is 17.9 Å². The minimum Gasteiger partial charge on any atom is -0.465 e. The molecule has 0 amide bonds. The van der Waals surface area contributed by atoms with E-state index in [1.165, 1.54) is 12.1 Å². The quantitative estimate of drug-likeness (QED) is 0.176. The van der Waals surface area contributed by atoms with Gasteiger partial charge >= 0.3 is 5.97 Å². The molecular formula is C32H41N3O5S. The number of carbonyl (C=O) groups is 1. The zero-order valence-electron chi connectivity index (χ0n) is 24.0. The van der Waals surface area contributed by atoms with Crippen molar-refractivity contribution in [3.8, 4) is 0 Å². The molecule has 8 nitrogen and oxygen atoms in total. The molecule has 1 unspecified atom stereocenters. The zero-order chi connectivity index (χ0) is 29.5. The van der Waals surface area contributed by atoms with Crippen LogP contribution in [0.25, 0.3) is 6.08 Å². The average molecular weight is 580 g/mol. The Morgan fingerprint density at radius 3 is 2.68 bits per heavy atom. The summed E-state index contributed by atoms with van der Waals surface area (Å²) in [6.45, 7) is 7.83. The van der Waals surface area contributed by atoms with E-state index in [1.54, 1.807) is 42.5 Å². The number of nitrogens with zero attached hydrogens (tertiary/aromatic N) is 1. The predicted octanol–water partition coefficient (Wildman–Crippen LogP) is 5.31.